The van der Waals surface area contributed by atoms with Crippen molar-refractivity contribution in [1.82, 2.24) is 0 Å². The van der Waals surface area contributed by atoms with Crippen molar-refractivity contribution in [3.05, 3.63) is 82.9 Å². The van der Waals surface area contributed by atoms with Crippen LogP contribution in [0, 0.1) is 0 Å². The molecule has 0 aromatic heterocycles. The second kappa shape index (κ2) is 56.0. The number of unbranched alkanes of at least 4 members (excludes halogenated alkanes) is 48. The Balaban J connectivity index is 0.000000600. The Hall–Kier alpha value is -1.21. The summed E-state index contributed by atoms with van der Waals surface area (Å²) in [5.41, 5.74) is 4.69. The Bertz CT molecular complexity index is 2370. The first-order valence-corrected chi connectivity index (χ1v) is 40.8. The van der Waals surface area contributed by atoms with Crippen LogP contribution in [-0.4, -0.2) is 74.8 Å². The van der Waals surface area contributed by atoms with Gasteiger partial charge in [0.1, 0.15) is 20.2 Å². The average Bonchev–Trinajstić information content (AvgIpc) is 2.76. The molecule has 0 aliphatic carbocycles. The zero-order valence-electron chi connectivity index (χ0n) is 58.3. The Morgan fingerprint density at radius 3 is 0.640 bits per heavy atom. The molecule has 0 radical (unpaired) electrons. The molecule has 0 heterocycles. The van der Waals surface area contributed by atoms with Crippen LogP contribution < -0.4 is 0 Å². The molecule has 0 atom stereocenters. The van der Waals surface area contributed by atoms with E-state index >= 15 is 0 Å². The number of hydrogen-bond donors (Lipinski definition) is 0. The fraction of sp³-hybridized carbons (Fsp3) is 0.750. The summed E-state index contributed by atoms with van der Waals surface area (Å²) < 4.78 is 71.3. The van der Waals surface area contributed by atoms with Crippen molar-refractivity contribution in [2.75, 3.05) is 0 Å². The standard InChI is InChI=1S/2C40H68O3S.Ba/c2*1-3-5-7-9-11-13-15-17-19-21-23-25-27-29-36-31-32-38-35-39(44(41,42)43)34-37(40(38)33-36)30-28-26-24-22-20-18-16-14-12-10-8-6-4-2;/h2*31-35H,3-30H2,1-2H3,(H,41,42,43);/q;;+2/p-2. The maximum Gasteiger partial charge on any atom is 2.00 e. The van der Waals surface area contributed by atoms with Crippen LogP contribution in [0.15, 0.2) is 70.5 Å². The first-order valence-electron chi connectivity index (χ1n) is 37.9. The summed E-state index contributed by atoms with van der Waals surface area (Å²) in [7, 11) is -8.94. The predicted octanol–water partition coefficient (Wildman–Crippen LogP) is 25.6. The van der Waals surface area contributed by atoms with Gasteiger partial charge >= 0.3 is 48.9 Å². The number of fused-ring (bicyclic) bond motifs is 2. The van der Waals surface area contributed by atoms with E-state index in [0.717, 1.165) is 84.0 Å². The fourth-order valence-electron chi connectivity index (χ4n) is 13.3. The van der Waals surface area contributed by atoms with Gasteiger partial charge in [0.05, 0.1) is 9.79 Å². The van der Waals surface area contributed by atoms with E-state index in [9.17, 15) is 25.9 Å². The minimum atomic E-state index is -4.47. The molecule has 4 aromatic rings. The summed E-state index contributed by atoms with van der Waals surface area (Å²) in [6.07, 6.45) is 73.3. The van der Waals surface area contributed by atoms with E-state index in [4.69, 9.17) is 0 Å². The summed E-state index contributed by atoms with van der Waals surface area (Å²) in [6.45, 7) is 9.10. The van der Waals surface area contributed by atoms with Crippen molar-refractivity contribution in [3.8, 4) is 0 Å². The van der Waals surface area contributed by atoms with Crippen LogP contribution in [0.1, 0.15) is 384 Å². The quantitative estimate of drug-likeness (QED) is 0.0247. The van der Waals surface area contributed by atoms with Crippen LogP contribution in [0.4, 0.5) is 0 Å². The van der Waals surface area contributed by atoms with Crippen LogP contribution in [0.3, 0.4) is 0 Å². The molecule has 0 fully saturated rings. The molecule has 0 unspecified atom stereocenters. The molecular weight excluding hydrogens is 1260 g/mol. The molecule has 9 heteroatoms. The molecule has 89 heavy (non-hydrogen) atoms. The first-order chi connectivity index (χ1) is 42.9. The second-order valence-corrected chi connectivity index (χ2v) is 29.9. The van der Waals surface area contributed by atoms with Crippen molar-refractivity contribution < 1.29 is 25.9 Å². The van der Waals surface area contributed by atoms with Crippen molar-refractivity contribution >= 4 is 90.7 Å². The van der Waals surface area contributed by atoms with Gasteiger partial charge in [0, 0.05) is 0 Å². The zero-order valence-corrected chi connectivity index (χ0v) is 64.4. The van der Waals surface area contributed by atoms with Gasteiger partial charge in [-0.3, -0.25) is 0 Å². The van der Waals surface area contributed by atoms with Gasteiger partial charge in [-0.15, -0.1) is 0 Å². The van der Waals surface area contributed by atoms with Gasteiger partial charge in [-0.2, -0.15) is 0 Å². The molecule has 0 amide bonds. The molecule has 4 rings (SSSR count). The summed E-state index contributed by atoms with van der Waals surface area (Å²) in [6, 6.07) is 19.3. The third kappa shape index (κ3) is 42.8. The molecular formula is C80H134BaO6S2. The molecule has 0 saturated carbocycles. The normalized spacial score (nSPS) is 11.8. The van der Waals surface area contributed by atoms with E-state index in [-0.39, 0.29) is 58.7 Å². The number of rotatable bonds is 58. The Kier molecular flexibility index (Phi) is 52.8. The largest absolute Gasteiger partial charge is 2.00 e. The SMILES string of the molecule is CCCCCCCCCCCCCCCc1ccc2cc(S(=O)(=O)[O-])cc(CCCCCCCCCCCCCCC)c2c1.CCCCCCCCCCCCCCCc1ccc2cc(S(=O)(=O)[O-])cc(CCCCCCCCCCCCCCC)c2c1.[Ba+2]. The molecule has 6 nitrogen and oxygen atoms in total. The van der Waals surface area contributed by atoms with Gasteiger partial charge in [0.2, 0.25) is 0 Å². The van der Waals surface area contributed by atoms with E-state index in [1.807, 2.05) is 12.1 Å². The Morgan fingerprint density at radius 2 is 0.438 bits per heavy atom. The summed E-state index contributed by atoms with van der Waals surface area (Å²) in [5, 5.41) is 4.01. The second-order valence-electron chi connectivity index (χ2n) is 27.2. The van der Waals surface area contributed by atoms with E-state index < -0.39 is 20.2 Å². The van der Waals surface area contributed by atoms with Crippen molar-refractivity contribution in [3.63, 3.8) is 0 Å². The van der Waals surface area contributed by atoms with Crippen LogP contribution in [0.2, 0.25) is 0 Å². The van der Waals surface area contributed by atoms with Crippen LogP contribution in [0.25, 0.3) is 21.5 Å². The van der Waals surface area contributed by atoms with Gasteiger partial charge in [-0.25, -0.2) is 16.8 Å². The maximum absolute atomic E-state index is 11.9. The first kappa shape index (κ1) is 83.9. The van der Waals surface area contributed by atoms with Gasteiger partial charge < -0.3 is 9.11 Å². The smallest absolute Gasteiger partial charge is 0.744 e. The minimum Gasteiger partial charge on any atom is -0.744 e. The molecule has 0 bridgehead atoms. The van der Waals surface area contributed by atoms with E-state index in [2.05, 4.69) is 52.0 Å². The van der Waals surface area contributed by atoms with Gasteiger partial charge in [-0.05, 0) is 119 Å². The molecule has 0 aliphatic rings. The molecule has 0 spiro atoms. The van der Waals surface area contributed by atoms with Crippen LogP contribution >= 0.6 is 0 Å². The molecule has 0 N–H and O–H groups in total. The van der Waals surface area contributed by atoms with Crippen molar-refractivity contribution in [1.29, 1.82) is 0 Å². The average molecular weight is 1390 g/mol. The van der Waals surface area contributed by atoms with Crippen LogP contribution in [-0.2, 0) is 45.9 Å². The summed E-state index contributed by atoms with van der Waals surface area (Å²) in [5.74, 6) is 0. The number of hydrogen-bond acceptors (Lipinski definition) is 6. The monoisotopic (exact) mass is 1390 g/mol. The van der Waals surface area contributed by atoms with E-state index in [1.54, 1.807) is 24.3 Å². The van der Waals surface area contributed by atoms with Crippen LogP contribution in [0.5, 0.6) is 0 Å². The third-order valence-electron chi connectivity index (χ3n) is 19.0. The molecule has 4 aromatic carbocycles. The van der Waals surface area contributed by atoms with Gasteiger partial charge in [0.25, 0.3) is 0 Å². The molecule has 504 valence electrons. The van der Waals surface area contributed by atoms with E-state index in [1.165, 1.54) is 319 Å². The number of benzene rings is 4. The summed E-state index contributed by atoms with van der Waals surface area (Å²) >= 11 is 0. The zero-order chi connectivity index (χ0) is 63.4. The van der Waals surface area contributed by atoms with Crippen molar-refractivity contribution in [2.45, 2.75) is 397 Å². The topological polar surface area (TPSA) is 114 Å². The van der Waals surface area contributed by atoms with E-state index in [0.29, 0.717) is 0 Å². The Morgan fingerprint density at radius 1 is 0.247 bits per heavy atom. The molecule has 0 aliphatic heterocycles. The van der Waals surface area contributed by atoms with Crippen molar-refractivity contribution in [2.24, 2.45) is 0 Å². The third-order valence-corrected chi connectivity index (χ3v) is 20.6. The maximum atomic E-state index is 11.9. The fourth-order valence-corrected chi connectivity index (χ4v) is 14.4. The van der Waals surface area contributed by atoms with Gasteiger partial charge in [0.15, 0.2) is 0 Å². The molecule has 0 saturated heterocycles. The minimum absolute atomic E-state index is 0. The summed E-state index contributed by atoms with van der Waals surface area (Å²) in [4.78, 5) is -0.169. The predicted molar refractivity (Wildman–Crippen MR) is 387 cm³/mol. The van der Waals surface area contributed by atoms with Gasteiger partial charge in [-0.1, -0.05) is 372 Å². The number of aryl methyl sites for hydroxylation is 4. The Labute approximate surface area is 591 Å².